The van der Waals surface area contributed by atoms with Crippen LogP contribution in [0.2, 0.25) is 0 Å². The van der Waals surface area contributed by atoms with Crippen molar-refractivity contribution in [3.8, 4) is 5.75 Å². The van der Waals surface area contributed by atoms with Gasteiger partial charge < -0.3 is 9.64 Å². The molecule has 0 bridgehead atoms. The number of hydrogen-bond donors (Lipinski definition) is 0. The van der Waals surface area contributed by atoms with Crippen LogP contribution < -0.4 is 4.74 Å². The van der Waals surface area contributed by atoms with Crippen LogP contribution in [-0.2, 0) is 11.2 Å². The summed E-state index contributed by atoms with van der Waals surface area (Å²) in [6.45, 7) is 1.42. The number of alkyl halides is 1. The highest BCUT2D eigenvalue weighted by molar-refractivity contribution is 6.22. The fourth-order valence-electron chi connectivity index (χ4n) is 2.00. The van der Waals surface area contributed by atoms with E-state index in [9.17, 15) is 4.79 Å². The molecule has 1 unspecified atom stereocenters. The molecule has 1 heterocycles. The first kappa shape index (κ1) is 12.2. The molecule has 1 aromatic rings. The Hall–Kier alpha value is -1.22. The Kier molecular flexibility index (Phi) is 3.89. The van der Waals surface area contributed by atoms with Crippen LogP contribution in [-0.4, -0.2) is 36.4 Å². The molecule has 0 saturated carbocycles. The first-order valence-electron chi connectivity index (χ1n) is 5.74. The summed E-state index contributed by atoms with van der Waals surface area (Å²) in [7, 11) is 1.65. The molecular formula is C13H16ClNO2. The van der Waals surface area contributed by atoms with Crippen LogP contribution >= 0.6 is 11.6 Å². The molecule has 2 rings (SSSR count). The number of hydrogen-bond acceptors (Lipinski definition) is 2. The van der Waals surface area contributed by atoms with E-state index in [1.54, 1.807) is 7.11 Å². The summed E-state index contributed by atoms with van der Waals surface area (Å²) in [6.07, 6.45) is 1.34. The minimum Gasteiger partial charge on any atom is -0.497 e. The zero-order valence-electron chi connectivity index (χ0n) is 9.86. The van der Waals surface area contributed by atoms with Crippen LogP contribution in [0.15, 0.2) is 24.3 Å². The van der Waals surface area contributed by atoms with Crippen molar-refractivity contribution in [3.63, 3.8) is 0 Å². The fraction of sp³-hybridized carbons (Fsp3) is 0.462. The van der Waals surface area contributed by atoms with Crippen molar-refractivity contribution < 1.29 is 9.53 Å². The van der Waals surface area contributed by atoms with Crippen molar-refractivity contribution in [2.24, 2.45) is 0 Å². The lowest BCUT2D eigenvalue weighted by Gasteiger charge is -2.15. The van der Waals surface area contributed by atoms with Crippen molar-refractivity contribution in [2.75, 3.05) is 20.2 Å². The lowest BCUT2D eigenvalue weighted by molar-refractivity contribution is -0.127. The van der Waals surface area contributed by atoms with Gasteiger partial charge in [0.05, 0.1) is 12.5 Å². The van der Waals surface area contributed by atoms with Crippen LogP contribution in [0.1, 0.15) is 12.0 Å². The van der Waals surface area contributed by atoms with Gasteiger partial charge in [0.1, 0.15) is 5.75 Å². The number of nitrogens with zero attached hydrogens (tertiary/aromatic N) is 1. The summed E-state index contributed by atoms with van der Waals surface area (Å²) in [5.41, 5.74) is 1.21. The Morgan fingerprint density at radius 1 is 1.41 bits per heavy atom. The van der Waals surface area contributed by atoms with Crippen molar-refractivity contribution in [2.45, 2.75) is 18.2 Å². The molecule has 0 radical (unpaired) electrons. The number of rotatable bonds is 4. The van der Waals surface area contributed by atoms with E-state index in [4.69, 9.17) is 16.3 Å². The summed E-state index contributed by atoms with van der Waals surface area (Å²) in [6, 6.07) is 7.92. The van der Waals surface area contributed by atoms with Gasteiger partial charge in [-0.25, -0.2) is 0 Å². The quantitative estimate of drug-likeness (QED) is 0.769. The molecule has 1 aliphatic rings. The molecule has 1 atom stereocenters. The van der Waals surface area contributed by atoms with E-state index in [-0.39, 0.29) is 11.3 Å². The predicted molar refractivity (Wildman–Crippen MR) is 67.5 cm³/mol. The highest BCUT2D eigenvalue weighted by atomic mass is 35.5. The Bertz CT molecular complexity index is 391. The van der Waals surface area contributed by atoms with Crippen LogP contribution in [0, 0.1) is 0 Å². The summed E-state index contributed by atoms with van der Waals surface area (Å²) in [4.78, 5) is 13.4. The van der Waals surface area contributed by atoms with Gasteiger partial charge in [-0.3, -0.25) is 4.79 Å². The normalized spacial score (nSPS) is 19.8. The molecule has 1 aromatic carbocycles. The maximum Gasteiger partial charge on any atom is 0.224 e. The van der Waals surface area contributed by atoms with Crippen LogP contribution in [0.5, 0.6) is 5.75 Å². The predicted octanol–water partition coefficient (Wildman–Crippen LogP) is 2.08. The Labute approximate surface area is 106 Å². The van der Waals surface area contributed by atoms with E-state index in [1.165, 1.54) is 5.56 Å². The number of halogens is 1. The highest BCUT2D eigenvalue weighted by Crippen LogP contribution is 2.17. The van der Waals surface area contributed by atoms with Crippen molar-refractivity contribution >= 4 is 17.5 Å². The number of ether oxygens (including phenoxy) is 1. The molecule has 3 nitrogen and oxygen atoms in total. The third kappa shape index (κ3) is 3.13. The van der Waals surface area contributed by atoms with Gasteiger partial charge in [0, 0.05) is 19.5 Å². The van der Waals surface area contributed by atoms with Crippen LogP contribution in [0.25, 0.3) is 0 Å². The molecule has 0 N–H and O–H groups in total. The Morgan fingerprint density at radius 3 is 2.65 bits per heavy atom. The molecule has 1 saturated heterocycles. The van der Waals surface area contributed by atoms with Gasteiger partial charge in [0.25, 0.3) is 0 Å². The van der Waals surface area contributed by atoms with Gasteiger partial charge in [-0.2, -0.15) is 0 Å². The minimum absolute atomic E-state index is 0.0154. The average Bonchev–Trinajstić information content (AvgIpc) is 2.66. The number of likely N-dealkylation sites (tertiary alicyclic amines) is 1. The number of methoxy groups -OCH3 is 1. The zero-order valence-corrected chi connectivity index (χ0v) is 10.6. The molecule has 17 heavy (non-hydrogen) atoms. The molecule has 1 fully saturated rings. The number of carbonyl (C=O) groups is 1. The smallest absolute Gasteiger partial charge is 0.224 e. The molecule has 4 heteroatoms. The second-order valence-corrected chi connectivity index (χ2v) is 4.86. The van der Waals surface area contributed by atoms with E-state index in [2.05, 4.69) is 0 Å². The first-order chi connectivity index (χ1) is 8.19. The lowest BCUT2D eigenvalue weighted by atomic mass is 10.1. The largest absolute Gasteiger partial charge is 0.497 e. The number of benzene rings is 1. The maximum absolute atomic E-state index is 11.5. The van der Waals surface area contributed by atoms with E-state index in [0.717, 1.165) is 18.7 Å². The topological polar surface area (TPSA) is 29.5 Å². The molecule has 0 aromatic heterocycles. The van der Waals surface area contributed by atoms with Gasteiger partial charge in [-0.05, 0) is 24.1 Å². The molecule has 92 valence electrons. The average molecular weight is 254 g/mol. The second kappa shape index (κ2) is 5.41. The summed E-state index contributed by atoms with van der Waals surface area (Å²) >= 11 is 5.94. The molecule has 0 spiro atoms. The second-order valence-electron chi connectivity index (χ2n) is 4.24. The maximum atomic E-state index is 11.5. The fourth-order valence-corrected chi connectivity index (χ4v) is 2.29. The van der Waals surface area contributed by atoms with Crippen molar-refractivity contribution in [1.82, 2.24) is 4.90 Å². The monoisotopic (exact) mass is 253 g/mol. The third-order valence-corrected chi connectivity index (χ3v) is 3.29. The highest BCUT2D eigenvalue weighted by Gasteiger charge is 2.27. The molecule has 0 aliphatic carbocycles. The standard InChI is InChI=1S/C13H16ClNO2/c1-17-12-4-2-10(3-5-12)6-7-15-9-11(14)8-13(15)16/h2-5,11H,6-9H2,1H3. The van der Waals surface area contributed by atoms with Crippen LogP contribution in [0.3, 0.4) is 0 Å². The Balaban J connectivity index is 1.87. The van der Waals surface area contributed by atoms with Crippen LogP contribution in [0.4, 0.5) is 0 Å². The minimum atomic E-state index is -0.0154. The number of amides is 1. The van der Waals surface area contributed by atoms with E-state index in [1.807, 2.05) is 29.2 Å². The summed E-state index contributed by atoms with van der Waals surface area (Å²) < 4.78 is 5.10. The molecule has 1 amide bonds. The van der Waals surface area contributed by atoms with Gasteiger partial charge in [-0.1, -0.05) is 12.1 Å². The summed E-state index contributed by atoms with van der Waals surface area (Å²) in [5, 5.41) is -0.0154. The lowest BCUT2D eigenvalue weighted by Crippen LogP contribution is -2.27. The van der Waals surface area contributed by atoms with Gasteiger partial charge in [-0.15, -0.1) is 11.6 Å². The van der Waals surface area contributed by atoms with Gasteiger partial charge in [0.15, 0.2) is 0 Å². The van der Waals surface area contributed by atoms with Crippen molar-refractivity contribution in [3.05, 3.63) is 29.8 Å². The van der Waals surface area contributed by atoms with Gasteiger partial charge >= 0.3 is 0 Å². The van der Waals surface area contributed by atoms with Crippen molar-refractivity contribution in [1.29, 1.82) is 0 Å². The molecule has 1 aliphatic heterocycles. The first-order valence-corrected chi connectivity index (χ1v) is 6.17. The van der Waals surface area contributed by atoms with Gasteiger partial charge in [0.2, 0.25) is 5.91 Å². The Morgan fingerprint density at radius 2 is 2.12 bits per heavy atom. The number of carbonyl (C=O) groups excluding carboxylic acids is 1. The summed E-state index contributed by atoms with van der Waals surface area (Å²) in [5.74, 6) is 1.02. The van der Waals surface area contributed by atoms with E-state index >= 15 is 0 Å². The van der Waals surface area contributed by atoms with E-state index < -0.39 is 0 Å². The SMILES string of the molecule is COc1ccc(CCN2CC(Cl)CC2=O)cc1. The van der Waals surface area contributed by atoms with E-state index in [0.29, 0.717) is 13.0 Å². The molecular weight excluding hydrogens is 238 g/mol. The third-order valence-electron chi connectivity index (χ3n) is 3.00. The zero-order chi connectivity index (χ0) is 12.3.